The van der Waals surface area contributed by atoms with Gasteiger partial charge in [-0.05, 0) is 43.4 Å². The van der Waals surface area contributed by atoms with Gasteiger partial charge >= 0.3 is 0 Å². The summed E-state index contributed by atoms with van der Waals surface area (Å²) in [5.74, 6) is 1.89. The highest BCUT2D eigenvalue weighted by Gasteiger charge is 2.18. The van der Waals surface area contributed by atoms with E-state index in [-0.39, 0.29) is 5.91 Å². The zero-order chi connectivity index (χ0) is 16.7. The first-order valence-electron chi connectivity index (χ1n) is 8.72. The second kappa shape index (κ2) is 8.80. The van der Waals surface area contributed by atoms with E-state index in [0.717, 1.165) is 19.3 Å². The first-order valence-corrected chi connectivity index (χ1v) is 8.72. The molecule has 1 saturated carbocycles. The number of ether oxygens (including phenoxy) is 2. The van der Waals surface area contributed by atoms with Crippen LogP contribution in [0.4, 0.5) is 0 Å². The van der Waals surface area contributed by atoms with Gasteiger partial charge in [0, 0.05) is 11.6 Å². The Morgan fingerprint density at radius 2 is 1.96 bits per heavy atom. The smallest absolute Gasteiger partial charge is 0.251 e. The maximum absolute atomic E-state index is 12.4. The van der Waals surface area contributed by atoms with Crippen LogP contribution < -0.4 is 14.8 Å². The minimum atomic E-state index is -0.0241. The van der Waals surface area contributed by atoms with Crippen LogP contribution in [0.15, 0.2) is 18.2 Å². The van der Waals surface area contributed by atoms with Crippen molar-refractivity contribution in [2.75, 3.05) is 13.7 Å². The molecule has 1 aliphatic carbocycles. The molecule has 128 valence electrons. The summed E-state index contributed by atoms with van der Waals surface area (Å²) in [5.41, 5.74) is 0.628. The van der Waals surface area contributed by atoms with E-state index in [1.165, 1.54) is 19.3 Å². The van der Waals surface area contributed by atoms with E-state index in [1.54, 1.807) is 13.2 Å². The molecule has 0 spiro atoms. The Morgan fingerprint density at radius 1 is 1.22 bits per heavy atom. The number of methoxy groups -OCH3 is 1. The maximum Gasteiger partial charge on any atom is 0.251 e. The summed E-state index contributed by atoms with van der Waals surface area (Å²) in [6.45, 7) is 4.99. The monoisotopic (exact) mass is 319 g/mol. The van der Waals surface area contributed by atoms with Crippen LogP contribution in [0.1, 0.15) is 62.7 Å². The van der Waals surface area contributed by atoms with Gasteiger partial charge in [0.1, 0.15) is 0 Å². The van der Waals surface area contributed by atoms with E-state index in [2.05, 4.69) is 19.2 Å². The Labute approximate surface area is 139 Å². The SMILES string of the molecule is COc1cc(C(=O)NC2CCCCC2)ccc1OCCC(C)C. The number of hydrogen-bond acceptors (Lipinski definition) is 3. The van der Waals surface area contributed by atoms with Crippen molar-refractivity contribution in [3.05, 3.63) is 23.8 Å². The standard InChI is InChI=1S/C19H29NO3/c1-14(2)11-12-23-17-10-9-15(13-18(17)22-3)19(21)20-16-7-5-4-6-8-16/h9-10,13-14,16H,4-8,11-12H2,1-3H3,(H,20,21). The number of carbonyl (C=O) groups excluding carboxylic acids is 1. The number of carbonyl (C=O) groups is 1. The molecule has 1 amide bonds. The van der Waals surface area contributed by atoms with Crippen molar-refractivity contribution in [3.63, 3.8) is 0 Å². The van der Waals surface area contributed by atoms with E-state index in [1.807, 2.05) is 12.1 Å². The quantitative estimate of drug-likeness (QED) is 0.820. The molecule has 0 aliphatic heterocycles. The lowest BCUT2D eigenvalue weighted by Crippen LogP contribution is -2.36. The molecule has 0 bridgehead atoms. The first-order chi connectivity index (χ1) is 11.1. The Hall–Kier alpha value is -1.71. The van der Waals surface area contributed by atoms with Crippen molar-refractivity contribution < 1.29 is 14.3 Å². The molecule has 1 aromatic carbocycles. The molecule has 4 nitrogen and oxygen atoms in total. The average Bonchev–Trinajstić information content (AvgIpc) is 2.55. The van der Waals surface area contributed by atoms with Gasteiger partial charge < -0.3 is 14.8 Å². The third kappa shape index (κ3) is 5.45. The summed E-state index contributed by atoms with van der Waals surface area (Å²) >= 11 is 0. The Morgan fingerprint density at radius 3 is 2.61 bits per heavy atom. The molecule has 0 heterocycles. The van der Waals surface area contributed by atoms with E-state index < -0.39 is 0 Å². The van der Waals surface area contributed by atoms with Crippen LogP contribution in [0.3, 0.4) is 0 Å². The van der Waals surface area contributed by atoms with Gasteiger partial charge in [0.05, 0.1) is 13.7 Å². The summed E-state index contributed by atoms with van der Waals surface area (Å²) in [4.78, 5) is 12.4. The highest BCUT2D eigenvalue weighted by molar-refractivity contribution is 5.95. The molecular formula is C19H29NO3. The van der Waals surface area contributed by atoms with Gasteiger partial charge in [-0.3, -0.25) is 4.79 Å². The molecule has 23 heavy (non-hydrogen) atoms. The van der Waals surface area contributed by atoms with Crippen LogP contribution in [0.2, 0.25) is 0 Å². The number of rotatable bonds is 7. The highest BCUT2D eigenvalue weighted by atomic mass is 16.5. The molecule has 1 aliphatic rings. The maximum atomic E-state index is 12.4. The zero-order valence-electron chi connectivity index (χ0n) is 14.6. The summed E-state index contributed by atoms with van der Waals surface area (Å²) in [7, 11) is 1.60. The number of hydrogen-bond donors (Lipinski definition) is 1. The fraction of sp³-hybridized carbons (Fsp3) is 0.632. The van der Waals surface area contributed by atoms with Crippen LogP contribution in [0, 0.1) is 5.92 Å². The van der Waals surface area contributed by atoms with Gasteiger partial charge in [-0.15, -0.1) is 0 Å². The van der Waals surface area contributed by atoms with Gasteiger partial charge in [0.25, 0.3) is 5.91 Å². The van der Waals surface area contributed by atoms with E-state index in [0.29, 0.717) is 35.6 Å². The average molecular weight is 319 g/mol. The first kappa shape index (κ1) is 17.6. The molecule has 0 unspecified atom stereocenters. The lowest BCUT2D eigenvalue weighted by molar-refractivity contribution is 0.0927. The van der Waals surface area contributed by atoms with Crippen LogP contribution in [0.5, 0.6) is 11.5 Å². The van der Waals surface area contributed by atoms with Gasteiger partial charge in [-0.25, -0.2) is 0 Å². The summed E-state index contributed by atoms with van der Waals surface area (Å²) < 4.78 is 11.1. The molecule has 4 heteroatoms. The minimum absolute atomic E-state index is 0.0241. The van der Waals surface area contributed by atoms with Crippen molar-refractivity contribution in [1.29, 1.82) is 0 Å². The van der Waals surface area contributed by atoms with Crippen LogP contribution in [-0.4, -0.2) is 25.7 Å². The summed E-state index contributed by atoms with van der Waals surface area (Å²) in [6.07, 6.45) is 6.85. The molecule has 2 rings (SSSR count). The van der Waals surface area contributed by atoms with Crippen molar-refractivity contribution in [2.24, 2.45) is 5.92 Å². The lowest BCUT2D eigenvalue weighted by Gasteiger charge is -2.23. The van der Waals surface area contributed by atoms with Crippen molar-refractivity contribution >= 4 is 5.91 Å². The van der Waals surface area contributed by atoms with E-state index in [9.17, 15) is 4.79 Å². The molecule has 0 atom stereocenters. The second-order valence-electron chi connectivity index (χ2n) is 6.71. The Balaban J connectivity index is 1.97. The predicted octanol–water partition coefficient (Wildman–Crippen LogP) is 4.18. The summed E-state index contributed by atoms with van der Waals surface area (Å²) in [6, 6.07) is 5.72. The molecule has 0 saturated heterocycles. The molecule has 0 aromatic heterocycles. The number of benzene rings is 1. The number of amides is 1. The van der Waals surface area contributed by atoms with Gasteiger partial charge in [0.2, 0.25) is 0 Å². The largest absolute Gasteiger partial charge is 0.493 e. The second-order valence-corrected chi connectivity index (χ2v) is 6.71. The minimum Gasteiger partial charge on any atom is -0.493 e. The Bertz CT molecular complexity index is 507. The molecule has 1 N–H and O–H groups in total. The van der Waals surface area contributed by atoms with Crippen molar-refractivity contribution in [3.8, 4) is 11.5 Å². The van der Waals surface area contributed by atoms with Gasteiger partial charge in [0.15, 0.2) is 11.5 Å². The van der Waals surface area contributed by atoms with E-state index in [4.69, 9.17) is 9.47 Å². The summed E-state index contributed by atoms with van der Waals surface area (Å²) in [5, 5.41) is 3.13. The highest BCUT2D eigenvalue weighted by Crippen LogP contribution is 2.28. The van der Waals surface area contributed by atoms with Crippen LogP contribution in [-0.2, 0) is 0 Å². The van der Waals surface area contributed by atoms with Gasteiger partial charge in [-0.2, -0.15) is 0 Å². The zero-order valence-corrected chi connectivity index (χ0v) is 14.6. The fourth-order valence-corrected chi connectivity index (χ4v) is 2.85. The third-order valence-electron chi connectivity index (χ3n) is 4.32. The Kier molecular flexibility index (Phi) is 6.75. The fourth-order valence-electron chi connectivity index (χ4n) is 2.85. The third-order valence-corrected chi connectivity index (χ3v) is 4.32. The topological polar surface area (TPSA) is 47.6 Å². The van der Waals surface area contributed by atoms with Gasteiger partial charge in [-0.1, -0.05) is 33.1 Å². The van der Waals surface area contributed by atoms with Crippen LogP contribution in [0.25, 0.3) is 0 Å². The van der Waals surface area contributed by atoms with Crippen LogP contribution >= 0.6 is 0 Å². The normalized spacial score (nSPS) is 15.5. The molecular weight excluding hydrogens is 290 g/mol. The molecule has 1 fully saturated rings. The molecule has 0 radical (unpaired) electrons. The number of nitrogens with one attached hydrogen (secondary N) is 1. The lowest BCUT2D eigenvalue weighted by atomic mass is 9.95. The van der Waals surface area contributed by atoms with Crippen molar-refractivity contribution in [1.82, 2.24) is 5.32 Å². The van der Waals surface area contributed by atoms with E-state index >= 15 is 0 Å². The molecule has 1 aromatic rings. The predicted molar refractivity (Wildman–Crippen MR) is 92.3 cm³/mol. The van der Waals surface area contributed by atoms with Crippen molar-refractivity contribution in [2.45, 2.75) is 58.4 Å².